The first-order valence-electron chi connectivity index (χ1n) is 9.08. The monoisotopic (exact) mass is 369 g/mol. The Morgan fingerprint density at radius 2 is 1.74 bits per heavy atom. The minimum atomic E-state index is -0.582. The smallest absolute Gasteiger partial charge is 0.399 e. The van der Waals surface area contributed by atoms with E-state index in [0.717, 1.165) is 27.9 Å². The fourth-order valence-corrected chi connectivity index (χ4v) is 3.58. The lowest BCUT2D eigenvalue weighted by Gasteiger charge is -2.32. The maximum absolute atomic E-state index is 12.0. The van der Waals surface area contributed by atoms with E-state index >= 15 is 0 Å². The van der Waals surface area contributed by atoms with Crippen molar-refractivity contribution in [2.45, 2.75) is 52.7 Å². The number of H-pyrrole nitrogens is 2. The van der Waals surface area contributed by atoms with Crippen LogP contribution in [0, 0.1) is 0 Å². The van der Waals surface area contributed by atoms with Gasteiger partial charge < -0.3 is 24.1 Å². The van der Waals surface area contributed by atoms with Gasteiger partial charge in [-0.2, -0.15) is 0 Å². The van der Waals surface area contributed by atoms with Crippen LogP contribution in [0.15, 0.2) is 27.7 Å². The van der Waals surface area contributed by atoms with Crippen LogP contribution in [0.1, 0.15) is 47.1 Å². The molecule has 0 spiro atoms. The number of imidazole rings is 1. The molecule has 1 saturated heterocycles. The summed E-state index contributed by atoms with van der Waals surface area (Å²) >= 11 is 0. The fourth-order valence-electron chi connectivity index (χ4n) is 3.58. The first-order valence-corrected chi connectivity index (χ1v) is 9.08. The van der Waals surface area contributed by atoms with Crippen molar-refractivity contribution in [3.63, 3.8) is 0 Å². The van der Waals surface area contributed by atoms with Crippen LogP contribution in [-0.4, -0.2) is 40.6 Å². The molecule has 7 nitrogen and oxygen atoms in total. The SMILES string of the molecule is CC1=NOCC(C)=C1c1cc(B2OC(C)(C)C(C)(C)O2)c2[nH]c(=O)[nH]c2c1. The second-order valence-corrected chi connectivity index (χ2v) is 8.26. The third-order valence-corrected chi connectivity index (χ3v) is 5.72. The number of oxime groups is 1. The van der Waals surface area contributed by atoms with Gasteiger partial charge in [0, 0.05) is 11.0 Å². The Morgan fingerprint density at radius 3 is 2.37 bits per heavy atom. The molecule has 2 N–H and O–H groups in total. The molecule has 2 aromatic rings. The third-order valence-electron chi connectivity index (χ3n) is 5.72. The lowest BCUT2D eigenvalue weighted by Crippen LogP contribution is -2.41. The van der Waals surface area contributed by atoms with E-state index in [9.17, 15) is 4.79 Å². The Bertz CT molecular complexity index is 1030. The highest BCUT2D eigenvalue weighted by molar-refractivity contribution is 6.65. The molecule has 0 bridgehead atoms. The molecular formula is C19H24BN3O4. The predicted octanol–water partition coefficient (Wildman–Crippen LogP) is 2.33. The van der Waals surface area contributed by atoms with Crippen molar-refractivity contribution in [2.75, 3.05) is 6.61 Å². The number of hydrogen-bond acceptors (Lipinski definition) is 5. The topological polar surface area (TPSA) is 88.7 Å². The molecule has 0 unspecified atom stereocenters. The zero-order valence-electron chi connectivity index (χ0n) is 16.5. The molecule has 1 aromatic heterocycles. The maximum atomic E-state index is 12.0. The van der Waals surface area contributed by atoms with Gasteiger partial charge in [0.1, 0.15) is 6.61 Å². The van der Waals surface area contributed by atoms with Crippen LogP contribution in [0.2, 0.25) is 0 Å². The lowest BCUT2D eigenvalue weighted by molar-refractivity contribution is 0.00578. The molecular weight excluding hydrogens is 345 g/mol. The largest absolute Gasteiger partial charge is 0.497 e. The Hall–Kier alpha value is -2.32. The number of nitrogens with zero attached hydrogens (tertiary/aromatic N) is 1. The molecule has 0 radical (unpaired) electrons. The van der Waals surface area contributed by atoms with Crippen LogP contribution in [0.5, 0.6) is 0 Å². The van der Waals surface area contributed by atoms with Crippen molar-refractivity contribution >= 4 is 34.9 Å². The predicted molar refractivity (Wildman–Crippen MR) is 106 cm³/mol. The molecule has 27 heavy (non-hydrogen) atoms. The van der Waals surface area contributed by atoms with Crippen LogP contribution in [0.25, 0.3) is 16.6 Å². The average molecular weight is 369 g/mol. The quantitative estimate of drug-likeness (QED) is 0.796. The molecule has 142 valence electrons. The Balaban J connectivity index is 1.91. The number of aromatic amines is 2. The molecule has 0 amide bonds. The van der Waals surface area contributed by atoms with Crippen molar-refractivity contribution in [1.29, 1.82) is 0 Å². The normalized spacial score (nSPS) is 21.6. The van der Waals surface area contributed by atoms with Gasteiger partial charge in [0.25, 0.3) is 0 Å². The van der Waals surface area contributed by atoms with Crippen LogP contribution in [0.3, 0.4) is 0 Å². The maximum Gasteiger partial charge on any atom is 0.497 e. The van der Waals surface area contributed by atoms with Gasteiger partial charge in [-0.1, -0.05) is 11.2 Å². The number of benzene rings is 1. The molecule has 1 fully saturated rings. The Labute approximate surface area is 157 Å². The van der Waals surface area contributed by atoms with E-state index in [-0.39, 0.29) is 5.69 Å². The highest BCUT2D eigenvalue weighted by Crippen LogP contribution is 2.37. The van der Waals surface area contributed by atoms with Crippen LogP contribution in [0.4, 0.5) is 0 Å². The summed E-state index contributed by atoms with van der Waals surface area (Å²) in [6, 6.07) is 3.96. The summed E-state index contributed by atoms with van der Waals surface area (Å²) in [6.45, 7) is 12.4. The van der Waals surface area contributed by atoms with E-state index in [1.165, 1.54) is 0 Å². The van der Waals surface area contributed by atoms with E-state index in [4.69, 9.17) is 14.1 Å². The lowest BCUT2D eigenvalue weighted by atomic mass is 9.76. The number of nitrogens with one attached hydrogen (secondary N) is 2. The van der Waals surface area contributed by atoms with E-state index in [1.54, 1.807) is 0 Å². The molecule has 2 aliphatic rings. The first-order chi connectivity index (χ1) is 12.6. The van der Waals surface area contributed by atoms with Gasteiger partial charge in [0.05, 0.1) is 27.9 Å². The number of fused-ring (bicyclic) bond motifs is 1. The summed E-state index contributed by atoms with van der Waals surface area (Å²) in [5, 5.41) is 4.11. The van der Waals surface area contributed by atoms with E-state index in [2.05, 4.69) is 15.1 Å². The van der Waals surface area contributed by atoms with Gasteiger partial charge >= 0.3 is 12.8 Å². The summed E-state index contributed by atoms with van der Waals surface area (Å²) in [6.07, 6.45) is 0. The van der Waals surface area contributed by atoms with Gasteiger partial charge in [-0.05, 0) is 58.7 Å². The van der Waals surface area contributed by atoms with Crippen molar-refractivity contribution in [2.24, 2.45) is 5.16 Å². The van der Waals surface area contributed by atoms with Gasteiger partial charge in [-0.15, -0.1) is 0 Å². The number of allylic oxidation sites excluding steroid dienone is 1. The van der Waals surface area contributed by atoms with Crippen molar-refractivity contribution in [1.82, 2.24) is 9.97 Å². The van der Waals surface area contributed by atoms with E-state index in [0.29, 0.717) is 17.6 Å². The third kappa shape index (κ3) is 2.83. The number of hydrogen-bond donors (Lipinski definition) is 2. The van der Waals surface area contributed by atoms with E-state index < -0.39 is 18.3 Å². The van der Waals surface area contributed by atoms with Gasteiger partial charge in [-0.3, -0.25) is 0 Å². The number of aromatic nitrogens is 2. The molecule has 2 aliphatic heterocycles. The van der Waals surface area contributed by atoms with Crippen LogP contribution < -0.4 is 11.2 Å². The highest BCUT2D eigenvalue weighted by atomic mass is 16.7. The summed E-state index contributed by atoms with van der Waals surface area (Å²) in [4.78, 5) is 22.9. The Kier molecular flexibility index (Phi) is 3.91. The van der Waals surface area contributed by atoms with Crippen molar-refractivity contribution in [3.05, 3.63) is 33.8 Å². The number of rotatable bonds is 2. The molecule has 4 rings (SSSR count). The summed E-state index contributed by atoms with van der Waals surface area (Å²) in [5.41, 5.74) is 4.85. The summed E-state index contributed by atoms with van der Waals surface area (Å²) in [5.74, 6) is 0. The van der Waals surface area contributed by atoms with Crippen LogP contribution >= 0.6 is 0 Å². The summed E-state index contributed by atoms with van der Waals surface area (Å²) in [7, 11) is -0.582. The average Bonchev–Trinajstić information content (AvgIpc) is 3.02. The molecule has 0 atom stereocenters. The zero-order valence-corrected chi connectivity index (χ0v) is 16.5. The van der Waals surface area contributed by atoms with Crippen molar-refractivity contribution < 1.29 is 14.1 Å². The fraction of sp³-hybridized carbons (Fsp3) is 0.474. The standard InChI is InChI=1S/C19H24BN3O4/c1-10-9-25-23-11(2)15(10)12-7-13(16-14(8-12)21-17(24)22-16)20-26-18(3,4)19(5,6)27-20/h7-8H,9H2,1-6H3,(H2,21,22,24). The van der Waals surface area contributed by atoms with Crippen molar-refractivity contribution in [3.8, 4) is 0 Å². The van der Waals surface area contributed by atoms with Gasteiger partial charge in [-0.25, -0.2) is 4.79 Å². The second-order valence-electron chi connectivity index (χ2n) is 8.26. The minimum Gasteiger partial charge on any atom is -0.399 e. The summed E-state index contributed by atoms with van der Waals surface area (Å²) < 4.78 is 12.5. The molecule has 1 aromatic carbocycles. The highest BCUT2D eigenvalue weighted by Gasteiger charge is 2.52. The molecule has 8 heteroatoms. The van der Waals surface area contributed by atoms with E-state index in [1.807, 2.05) is 53.7 Å². The zero-order chi connectivity index (χ0) is 19.6. The van der Waals surface area contributed by atoms with Gasteiger partial charge in [0.2, 0.25) is 0 Å². The van der Waals surface area contributed by atoms with Crippen LogP contribution in [-0.2, 0) is 14.1 Å². The molecule has 0 aliphatic carbocycles. The Morgan fingerprint density at radius 1 is 1.07 bits per heavy atom. The molecule has 0 saturated carbocycles. The van der Waals surface area contributed by atoms with Gasteiger partial charge in [0.15, 0.2) is 0 Å². The second kappa shape index (κ2) is 5.84. The molecule has 3 heterocycles. The minimum absolute atomic E-state index is 0.261. The first kappa shape index (κ1) is 18.1.